The summed E-state index contributed by atoms with van der Waals surface area (Å²) in [5.41, 5.74) is 0. The van der Waals surface area contributed by atoms with E-state index in [1.807, 2.05) is 24.3 Å². The van der Waals surface area contributed by atoms with Crippen molar-refractivity contribution in [3.05, 3.63) is 46.5 Å². The molecule has 0 fully saturated rings. The molecule has 1 N–H and O–H groups in total. The average molecular weight is 341 g/mol. The van der Waals surface area contributed by atoms with Crippen LogP contribution < -0.4 is 5.32 Å². The second-order valence-corrected chi connectivity index (χ2v) is 5.94. The lowest BCUT2D eigenvalue weighted by atomic mass is 10.4. The molecule has 0 amide bonds. The molecule has 0 atom stereocenters. The predicted octanol–water partition coefficient (Wildman–Crippen LogP) is 4.23. The van der Waals surface area contributed by atoms with Gasteiger partial charge in [0, 0.05) is 10.7 Å². The second kappa shape index (κ2) is 7.72. The summed E-state index contributed by atoms with van der Waals surface area (Å²) >= 11 is 5.16. The zero-order chi connectivity index (χ0) is 13.5. The minimum absolute atomic E-state index is 0.795. The number of furan rings is 1. The number of pyridine rings is 1. The summed E-state index contributed by atoms with van der Waals surface area (Å²) in [6.45, 7) is 3.97. The van der Waals surface area contributed by atoms with Gasteiger partial charge in [-0.2, -0.15) is 0 Å². The summed E-state index contributed by atoms with van der Waals surface area (Å²) < 4.78 is 6.79. The van der Waals surface area contributed by atoms with Gasteiger partial charge < -0.3 is 9.73 Å². The average Bonchev–Trinajstić information content (AvgIpc) is 2.86. The van der Waals surface area contributed by atoms with Crippen LogP contribution in [0.3, 0.4) is 0 Å². The van der Waals surface area contributed by atoms with Crippen LogP contribution in [0.15, 0.2) is 44.4 Å². The Morgan fingerprint density at radius 3 is 2.95 bits per heavy atom. The van der Waals surface area contributed by atoms with Gasteiger partial charge in [0.05, 0.1) is 12.3 Å². The SMILES string of the molecule is CCCNCc1ccc(CSc2ncccc2Br)o1. The highest BCUT2D eigenvalue weighted by atomic mass is 79.9. The number of nitrogens with zero attached hydrogens (tertiary/aromatic N) is 1. The molecule has 0 aliphatic rings. The van der Waals surface area contributed by atoms with Crippen molar-refractivity contribution in [2.45, 2.75) is 30.7 Å². The summed E-state index contributed by atoms with van der Waals surface area (Å²) in [5.74, 6) is 2.77. The van der Waals surface area contributed by atoms with E-state index in [9.17, 15) is 0 Å². The first-order valence-electron chi connectivity index (χ1n) is 6.31. The number of hydrogen-bond acceptors (Lipinski definition) is 4. The zero-order valence-corrected chi connectivity index (χ0v) is 13.3. The Labute approximate surface area is 126 Å². The van der Waals surface area contributed by atoms with Crippen LogP contribution in [0, 0.1) is 0 Å². The Kier molecular flexibility index (Phi) is 5.94. The molecule has 3 nitrogen and oxygen atoms in total. The number of thioether (sulfide) groups is 1. The van der Waals surface area contributed by atoms with E-state index in [4.69, 9.17) is 4.42 Å². The van der Waals surface area contributed by atoms with Gasteiger partial charge in [-0.3, -0.25) is 0 Å². The molecule has 19 heavy (non-hydrogen) atoms. The van der Waals surface area contributed by atoms with Gasteiger partial charge in [-0.15, -0.1) is 0 Å². The molecular weight excluding hydrogens is 324 g/mol. The van der Waals surface area contributed by atoms with Gasteiger partial charge >= 0.3 is 0 Å². The topological polar surface area (TPSA) is 38.1 Å². The molecule has 0 aromatic carbocycles. The van der Waals surface area contributed by atoms with E-state index in [-0.39, 0.29) is 0 Å². The normalized spacial score (nSPS) is 10.8. The highest BCUT2D eigenvalue weighted by Gasteiger charge is 2.05. The van der Waals surface area contributed by atoms with Crippen LogP contribution in [-0.2, 0) is 12.3 Å². The van der Waals surface area contributed by atoms with Crippen LogP contribution in [0.2, 0.25) is 0 Å². The van der Waals surface area contributed by atoms with Gasteiger partial charge in [0.2, 0.25) is 0 Å². The summed E-state index contributed by atoms with van der Waals surface area (Å²) in [6, 6.07) is 7.98. The fourth-order valence-corrected chi connectivity index (χ4v) is 2.97. The van der Waals surface area contributed by atoms with Gasteiger partial charge in [-0.1, -0.05) is 18.7 Å². The van der Waals surface area contributed by atoms with Gasteiger partial charge in [0.25, 0.3) is 0 Å². The van der Waals surface area contributed by atoms with Crippen molar-refractivity contribution in [1.29, 1.82) is 0 Å². The minimum atomic E-state index is 0.795. The van der Waals surface area contributed by atoms with Crippen molar-refractivity contribution in [1.82, 2.24) is 10.3 Å². The highest BCUT2D eigenvalue weighted by Crippen LogP contribution is 2.28. The van der Waals surface area contributed by atoms with Gasteiger partial charge in [0.1, 0.15) is 16.5 Å². The highest BCUT2D eigenvalue weighted by molar-refractivity contribution is 9.10. The van der Waals surface area contributed by atoms with Crippen molar-refractivity contribution in [3.8, 4) is 0 Å². The van der Waals surface area contributed by atoms with Gasteiger partial charge in [0.15, 0.2) is 0 Å². The Morgan fingerprint density at radius 2 is 2.16 bits per heavy atom. The van der Waals surface area contributed by atoms with Gasteiger partial charge in [-0.05, 0) is 53.2 Å². The van der Waals surface area contributed by atoms with Crippen LogP contribution in [-0.4, -0.2) is 11.5 Å². The van der Waals surface area contributed by atoms with E-state index < -0.39 is 0 Å². The van der Waals surface area contributed by atoms with E-state index in [0.29, 0.717) is 0 Å². The molecule has 0 saturated heterocycles. The van der Waals surface area contributed by atoms with E-state index >= 15 is 0 Å². The lowest BCUT2D eigenvalue weighted by molar-refractivity contribution is 0.459. The van der Waals surface area contributed by atoms with Crippen LogP contribution in [0.5, 0.6) is 0 Å². The Bertz CT molecular complexity index is 516. The minimum Gasteiger partial charge on any atom is -0.464 e. The van der Waals surface area contributed by atoms with Crippen molar-refractivity contribution in [3.63, 3.8) is 0 Å². The van der Waals surface area contributed by atoms with E-state index in [0.717, 1.165) is 46.3 Å². The van der Waals surface area contributed by atoms with E-state index in [1.54, 1.807) is 18.0 Å². The third-order valence-corrected chi connectivity index (χ3v) is 4.45. The molecule has 0 spiro atoms. The largest absolute Gasteiger partial charge is 0.464 e. The van der Waals surface area contributed by atoms with E-state index in [2.05, 4.69) is 33.2 Å². The standard InChI is InChI=1S/C14H17BrN2OS/c1-2-7-16-9-11-5-6-12(18-11)10-19-14-13(15)4-3-8-17-14/h3-6,8,16H,2,7,9-10H2,1H3. The number of aromatic nitrogens is 1. The predicted molar refractivity (Wildman–Crippen MR) is 82.2 cm³/mol. The first kappa shape index (κ1) is 14.6. The number of halogens is 1. The quantitative estimate of drug-likeness (QED) is 0.604. The van der Waals surface area contributed by atoms with Crippen LogP contribution >= 0.6 is 27.7 Å². The first-order chi connectivity index (χ1) is 9.29. The molecular formula is C14H17BrN2OS. The molecule has 2 rings (SSSR count). The summed E-state index contributed by atoms with van der Waals surface area (Å²) in [4.78, 5) is 4.32. The fraction of sp³-hybridized carbons (Fsp3) is 0.357. The molecule has 0 radical (unpaired) electrons. The molecule has 0 saturated carbocycles. The Morgan fingerprint density at radius 1 is 1.32 bits per heavy atom. The molecule has 2 heterocycles. The smallest absolute Gasteiger partial charge is 0.118 e. The molecule has 0 unspecified atom stereocenters. The zero-order valence-electron chi connectivity index (χ0n) is 10.9. The van der Waals surface area contributed by atoms with Crippen LogP contribution in [0.1, 0.15) is 24.9 Å². The maximum Gasteiger partial charge on any atom is 0.118 e. The van der Waals surface area contributed by atoms with Crippen molar-refractivity contribution >= 4 is 27.7 Å². The lowest BCUT2D eigenvalue weighted by Crippen LogP contribution is -2.12. The molecule has 102 valence electrons. The van der Waals surface area contributed by atoms with Crippen molar-refractivity contribution < 1.29 is 4.42 Å². The monoisotopic (exact) mass is 340 g/mol. The molecule has 2 aromatic heterocycles. The lowest BCUT2D eigenvalue weighted by Gasteiger charge is -2.01. The number of nitrogens with one attached hydrogen (secondary N) is 1. The number of rotatable bonds is 7. The fourth-order valence-electron chi connectivity index (χ4n) is 1.60. The molecule has 0 bridgehead atoms. The van der Waals surface area contributed by atoms with Crippen LogP contribution in [0.4, 0.5) is 0 Å². The Balaban J connectivity index is 1.85. The van der Waals surface area contributed by atoms with Crippen molar-refractivity contribution in [2.75, 3.05) is 6.54 Å². The maximum atomic E-state index is 5.77. The molecule has 5 heteroatoms. The summed E-state index contributed by atoms with van der Waals surface area (Å²) in [7, 11) is 0. The van der Waals surface area contributed by atoms with Gasteiger partial charge in [-0.25, -0.2) is 4.98 Å². The molecule has 0 aliphatic heterocycles. The first-order valence-corrected chi connectivity index (χ1v) is 8.09. The summed E-state index contributed by atoms with van der Waals surface area (Å²) in [6.07, 6.45) is 2.94. The maximum absolute atomic E-state index is 5.77. The number of hydrogen-bond donors (Lipinski definition) is 1. The molecule has 2 aromatic rings. The van der Waals surface area contributed by atoms with E-state index in [1.165, 1.54) is 0 Å². The Hall–Kier alpha value is -0.780. The third kappa shape index (κ3) is 4.67. The second-order valence-electron chi connectivity index (χ2n) is 4.12. The van der Waals surface area contributed by atoms with Crippen LogP contribution in [0.25, 0.3) is 0 Å². The van der Waals surface area contributed by atoms with Crippen molar-refractivity contribution in [2.24, 2.45) is 0 Å². The third-order valence-electron chi connectivity index (χ3n) is 2.52. The summed E-state index contributed by atoms with van der Waals surface area (Å²) in [5, 5.41) is 4.32. The molecule has 0 aliphatic carbocycles.